The number of pyridine rings is 1. The maximum Gasteiger partial charge on any atom is 0.199 e. The average Bonchev–Trinajstić information content (AvgIpc) is 2.64. The lowest BCUT2D eigenvalue weighted by Crippen LogP contribution is -2.43. The monoisotopic (exact) mass is 203 g/mol. The van der Waals surface area contributed by atoms with Crippen molar-refractivity contribution in [2.45, 2.75) is 25.0 Å². The van der Waals surface area contributed by atoms with E-state index in [1.165, 1.54) is 0 Å². The van der Waals surface area contributed by atoms with E-state index in [2.05, 4.69) is 4.98 Å². The van der Waals surface area contributed by atoms with Gasteiger partial charge in [-0.15, -0.1) is 0 Å². The molecule has 3 rings (SSSR count). The van der Waals surface area contributed by atoms with Gasteiger partial charge in [-0.05, 0) is 25.0 Å². The van der Waals surface area contributed by atoms with Crippen LogP contribution in [0.3, 0.4) is 0 Å². The molecule has 1 aliphatic rings. The van der Waals surface area contributed by atoms with Crippen LogP contribution < -0.4 is 10.5 Å². The molecule has 0 saturated heterocycles. The van der Waals surface area contributed by atoms with Crippen LogP contribution in [-0.2, 0) is 0 Å². The van der Waals surface area contributed by atoms with E-state index in [0.717, 1.165) is 24.4 Å². The smallest absolute Gasteiger partial charge is 0.199 e. The van der Waals surface area contributed by atoms with Gasteiger partial charge in [-0.1, -0.05) is 6.07 Å². The Balaban J connectivity index is 1.87. The van der Waals surface area contributed by atoms with E-state index in [0.29, 0.717) is 6.04 Å². The van der Waals surface area contributed by atoms with Crippen molar-refractivity contribution in [1.82, 2.24) is 9.38 Å². The normalized spacial score (nSPS) is 25.1. The number of nitrogens with two attached hydrogens (primary N) is 1. The Kier molecular flexibility index (Phi) is 1.89. The van der Waals surface area contributed by atoms with Gasteiger partial charge in [0.1, 0.15) is 11.8 Å². The minimum atomic E-state index is 0.271. The molecule has 2 aromatic rings. The van der Waals surface area contributed by atoms with Crippen molar-refractivity contribution in [2.75, 3.05) is 0 Å². The summed E-state index contributed by atoms with van der Waals surface area (Å²) in [5.74, 6) is 0.849. The maximum atomic E-state index is 5.84. The largest absolute Gasteiger partial charge is 0.475 e. The summed E-state index contributed by atoms with van der Waals surface area (Å²) in [7, 11) is 0. The van der Waals surface area contributed by atoms with Crippen molar-refractivity contribution < 1.29 is 4.74 Å². The van der Waals surface area contributed by atoms with E-state index < -0.39 is 0 Å². The van der Waals surface area contributed by atoms with Gasteiger partial charge < -0.3 is 10.5 Å². The fraction of sp³-hybridized carbons (Fsp3) is 0.364. The van der Waals surface area contributed by atoms with Gasteiger partial charge in [0.25, 0.3) is 0 Å². The minimum Gasteiger partial charge on any atom is -0.475 e. The van der Waals surface area contributed by atoms with E-state index in [1.807, 2.05) is 28.8 Å². The van der Waals surface area contributed by atoms with Gasteiger partial charge >= 0.3 is 0 Å². The van der Waals surface area contributed by atoms with Crippen molar-refractivity contribution in [3.63, 3.8) is 0 Å². The SMILES string of the molecule is NC1CC(Oc2cccc3nccn23)C1. The molecule has 0 amide bonds. The van der Waals surface area contributed by atoms with Gasteiger partial charge in [0.05, 0.1) is 0 Å². The fourth-order valence-electron chi connectivity index (χ4n) is 1.89. The van der Waals surface area contributed by atoms with Crippen molar-refractivity contribution in [2.24, 2.45) is 5.73 Å². The van der Waals surface area contributed by atoms with Gasteiger partial charge in [-0.2, -0.15) is 0 Å². The third-order valence-electron chi connectivity index (χ3n) is 2.81. The van der Waals surface area contributed by atoms with Gasteiger partial charge in [0.15, 0.2) is 5.88 Å². The molecule has 2 heterocycles. The van der Waals surface area contributed by atoms with Crippen molar-refractivity contribution in [3.05, 3.63) is 30.6 Å². The zero-order chi connectivity index (χ0) is 10.3. The summed E-state index contributed by atoms with van der Waals surface area (Å²) in [5, 5.41) is 0. The Morgan fingerprint density at radius 2 is 2.27 bits per heavy atom. The Labute approximate surface area is 87.7 Å². The summed E-state index contributed by atoms with van der Waals surface area (Å²) in [5.41, 5.74) is 6.63. The number of hydrogen-bond donors (Lipinski definition) is 1. The lowest BCUT2D eigenvalue weighted by atomic mass is 9.90. The minimum absolute atomic E-state index is 0.271. The molecule has 1 aliphatic carbocycles. The molecule has 0 bridgehead atoms. The molecule has 0 aromatic carbocycles. The van der Waals surface area contributed by atoms with Crippen LogP contribution in [0, 0.1) is 0 Å². The summed E-state index contributed by atoms with van der Waals surface area (Å²) < 4.78 is 7.78. The van der Waals surface area contributed by atoms with Crippen LogP contribution in [0.5, 0.6) is 5.88 Å². The van der Waals surface area contributed by atoms with E-state index in [9.17, 15) is 0 Å². The number of fused-ring (bicyclic) bond motifs is 1. The molecule has 4 heteroatoms. The average molecular weight is 203 g/mol. The highest BCUT2D eigenvalue weighted by Crippen LogP contribution is 2.24. The van der Waals surface area contributed by atoms with Crippen LogP contribution in [0.15, 0.2) is 30.6 Å². The molecule has 0 radical (unpaired) electrons. The third-order valence-corrected chi connectivity index (χ3v) is 2.81. The standard InChI is InChI=1S/C11H13N3O/c12-8-6-9(7-8)15-11-3-1-2-10-13-4-5-14(10)11/h1-5,8-9H,6-7,12H2. The number of hydrogen-bond acceptors (Lipinski definition) is 3. The Bertz CT molecular complexity index is 473. The Morgan fingerprint density at radius 1 is 1.40 bits per heavy atom. The first kappa shape index (κ1) is 8.73. The molecule has 0 spiro atoms. The summed E-state index contributed by atoms with van der Waals surface area (Å²) in [6.45, 7) is 0. The predicted octanol–water partition coefficient (Wildman–Crippen LogP) is 1.20. The molecule has 2 N–H and O–H groups in total. The number of imidazole rings is 1. The molecular weight excluding hydrogens is 190 g/mol. The Morgan fingerprint density at radius 3 is 3.07 bits per heavy atom. The Hall–Kier alpha value is -1.55. The van der Waals surface area contributed by atoms with E-state index in [4.69, 9.17) is 10.5 Å². The molecule has 15 heavy (non-hydrogen) atoms. The van der Waals surface area contributed by atoms with E-state index in [-0.39, 0.29) is 6.10 Å². The van der Waals surface area contributed by atoms with Crippen LogP contribution >= 0.6 is 0 Å². The van der Waals surface area contributed by atoms with Crippen LogP contribution in [0.4, 0.5) is 0 Å². The van der Waals surface area contributed by atoms with Crippen LogP contribution in [0.25, 0.3) is 5.65 Å². The number of aromatic nitrogens is 2. The van der Waals surface area contributed by atoms with Crippen molar-refractivity contribution in [1.29, 1.82) is 0 Å². The number of ether oxygens (including phenoxy) is 1. The van der Waals surface area contributed by atoms with Crippen LogP contribution in [0.1, 0.15) is 12.8 Å². The van der Waals surface area contributed by atoms with Crippen LogP contribution in [0.2, 0.25) is 0 Å². The van der Waals surface area contributed by atoms with Crippen LogP contribution in [-0.4, -0.2) is 21.5 Å². The van der Waals surface area contributed by atoms with E-state index in [1.54, 1.807) is 6.20 Å². The van der Waals surface area contributed by atoms with Gasteiger partial charge in [0.2, 0.25) is 0 Å². The van der Waals surface area contributed by atoms with Crippen molar-refractivity contribution in [3.8, 4) is 5.88 Å². The summed E-state index contributed by atoms with van der Waals surface area (Å²) in [6.07, 6.45) is 5.85. The zero-order valence-corrected chi connectivity index (χ0v) is 8.34. The highest BCUT2D eigenvalue weighted by atomic mass is 16.5. The summed E-state index contributed by atoms with van der Waals surface area (Å²) in [4.78, 5) is 4.20. The van der Waals surface area contributed by atoms with Crippen molar-refractivity contribution >= 4 is 5.65 Å². The van der Waals surface area contributed by atoms with Gasteiger partial charge in [-0.25, -0.2) is 4.98 Å². The highest BCUT2D eigenvalue weighted by molar-refractivity contribution is 5.41. The molecule has 1 saturated carbocycles. The molecule has 1 fully saturated rings. The molecular formula is C11H13N3O. The highest BCUT2D eigenvalue weighted by Gasteiger charge is 2.28. The summed E-state index contributed by atoms with van der Waals surface area (Å²) in [6, 6.07) is 6.19. The zero-order valence-electron chi connectivity index (χ0n) is 8.34. The molecule has 0 atom stereocenters. The third kappa shape index (κ3) is 1.47. The predicted molar refractivity (Wildman–Crippen MR) is 56.8 cm³/mol. The number of nitrogens with zero attached hydrogens (tertiary/aromatic N) is 2. The second-order valence-electron chi connectivity index (χ2n) is 3.99. The second kappa shape index (κ2) is 3.24. The lowest BCUT2D eigenvalue weighted by molar-refractivity contribution is 0.0945. The molecule has 0 unspecified atom stereocenters. The van der Waals surface area contributed by atoms with Gasteiger partial charge in [0, 0.05) is 18.4 Å². The quantitative estimate of drug-likeness (QED) is 0.798. The first-order chi connectivity index (χ1) is 7.33. The number of rotatable bonds is 2. The topological polar surface area (TPSA) is 52.5 Å². The molecule has 78 valence electrons. The molecule has 4 nitrogen and oxygen atoms in total. The lowest BCUT2D eigenvalue weighted by Gasteiger charge is -2.32. The molecule has 0 aliphatic heterocycles. The fourth-order valence-corrected chi connectivity index (χ4v) is 1.89. The first-order valence-corrected chi connectivity index (χ1v) is 5.17. The van der Waals surface area contributed by atoms with Gasteiger partial charge in [-0.3, -0.25) is 4.40 Å². The van der Waals surface area contributed by atoms with E-state index >= 15 is 0 Å². The maximum absolute atomic E-state index is 5.84. The molecule has 2 aromatic heterocycles. The summed E-state index contributed by atoms with van der Waals surface area (Å²) >= 11 is 0. The first-order valence-electron chi connectivity index (χ1n) is 5.17. The second-order valence-corrected chi connectivity index (χ2v) is 3.99.